The van der Waals surface area contributed by atoms with Crippen molar-refractivity contribution in [2.75, 3.05) is 13.1 Å². The number of nitrogens with zero attached hydrogens (tertiary/aromatic N) is 2. The molecule has 0 radical (unpaired) electrons. The van der Waals surface area contributed by atoms with Crippen LogP contribution in [0.4, 0.5) is 0 Å². The van der Waals surface area contributed by atoms with Gasteiger partial charge in [0, 0.05) is 18.4 Å². The maximum Gasteiger partial charge on any atom is 0.309 e. The number of aromatic nitrogens is 1. The smallest absolute Gasteiger partial charge is 0.309 e. The first-order valence-electron chi connectivity index (χ1n) is 6.93. The summed E-state index contributed by atoms with van der Waals surface area (Å²) in [5.41, 5.74) is 1.73. The largest absolute Gasteiger partial charge is 0.481 e. The monoisotopic (exact) mass is 262 g/mol. The zero-order valence-corrected chi connectivity index (χ0v) is 11.7. The standard InChI is InChI=1S/C15H22N2O2/c1-3-15(14(18)19)6-8-17(9-7-15)11-13-5-4-12(2)16-10-13/h4-5,10H,3,6-9,11H2,1-2H3,(H,18,19). The Kier molecular flexibility index (Phi) is 4.20. The van der Waals surface area contributed by atoms with Gasteiger partial charge in [-0.15, -0.1) is 0 Å². The number of carbonyl (C=O) groups is 1. The predicted octanol–water partition coefficient (Wildman–Crippen LogP) is 2.47. The summed E-state index contributed by atoms with van der Waals surface area (Å²) in [7, 11) is 0. The van der Waals surface area contributed by atoms with Crippen LogP contribution in [0.1, 0.15) is 37.4 Å². The number of likely N-dealkylation sites (tertiary alicyclic amines) is 1. The molecule has 1 aliphatic rings. The molecule has 1 aromatic rings. The average Bonchev–Trinajstić information content (AvgIpc) is 2.42. The van der Waals surface area contributed by atoms with Gasteiger partial charge in [-0.25, -0.2) is 0 Å². The minimum absolute atomic E-state index is 0.498. The molecule has 2 heterocycles. The molecule has 1 aliphatic heterocycles. The van der Waals surface area contributed by atoms with Crippen LogP contribution in [0.2, 0.25) is 0 Å². The molecule has 1 aromatic heterocycles. The molecule has 4 heteroatoms. The van der Waals surface area contributed by atoms with Crippen molar-refractivity contribution < 1.29 is 9.90 Å². The number of carboxylic acids is 1. The van der Waals surface area contributed by atoms with E-state index in [9.17, 15) is 9.90 Å². The van der Waals surface area contributed by atoms with Crippen LogP contribution in [0.25, 0.3) is 0 Å². The van der Waals surface area contributed by atoms with Crippen molar-refractivity contribution in [1.82, 2.24) is 9.88 Å². The third-order valence-electron chi connectivity index (χ3n) is 4.32. The van der Waals surface area contributed by atoms with Gasteiger partial charge in [-0.05, 0) is 50.9 Å². The summed E-state index contributed by atoms with van der Waals surface area (Å²) in [6, 6.07) is 4.12. The van der Waals surface area contributed by atoms with E-state index in [4.69, 9.17) is 0 Å². The highest BCUT2D eigenvalue weighted by molar-refractivity contribution is 5.74. The van der Waals surface area contributed by atoms with E-state index in [1.165, 1.54) is 5.56 Å². The highest BCUT2D eigenvalue weighted by Gasteiger charge is 2.39. The molecule has 0 bridgehead atoms. The Bertz CT molecular complexity index is 434. The third-order valence-corrected chi connectivity index (χ3v) is 4.32. The predicted molar refractivity (Wildman–Crippen MR) is 73.8 cm³/mol. The molecule has 0 aromatic carbocycles. The van der Waals surface area contributed by atoms with Crippen molar-refractivity contribution in [3.05, 3.63) is 29.6 Å². The first-order chi connectivity index (χ1) is 9.05. The summed E-state index contributed by atoms with van der Waals surface area (Å²) in [4.78, 5) is 18.0. The van der Waals surface area contributed by atoms with Crippen LogP contribution in [0.3, 0.4) is 0 Å². The second-order valence-corrected chi connectivity index (χ2v) is 5.52. The Morgan fingerprint density at radius 2 is 2.11 bits per heavy atom. The summed E-state index contributed by atoms with van der Waals surface area (Å²) < 4.78 is 0. The molecule has 0 atom stereocenters. The normalized spacial score (nSPS) is 19.3. The first kappa shape index (κ1) is 14.0. The molecule has 104 valence electrons. The fraction of sp³-hybridized carbons (Fsp3) is 0.600. The molecule has 0 aliphatic carbocycles. The van der Waals surface area contributed by atoms with Gasteiger partial charge in [-0.1, -0.05) is 13.0 Å². The molecule has 1 N–H and O–H groups in total. The van der Waals surface area contributed by atoms with Crippen LogP contribution >= 0.6 is 0 Å². The summed E-state index contributed by atoms with van der Waals surface area (Å²) in [6.45, 7) is 6.54. The van der Waals surface area contributed by atoms with Gasteiger partial charge < -0.3 is 5.11 Å². The number of aryl methyl sites for hydroxylation is 1. The van der Waals surface area contributed by atoms with Gasteiger partial charge in [0.25, 0.3) is 0 Å². The van der Waals surface area contributed by atoms with E-state index in [0.29, 0.717) is 0 Å². The Hall–Kier alpha value is -1.42. The van der Waals surface area contributed by atoms with Gasteiger partial charge in [0.15, 0.2) is 0 Å². The van der Waals surface area contributed by atoms with E-state index < -0.39 is 11.4 Å². The topological polar surface area (TPSA) is 53.4 Å². The molecule has 1 fully saturated rings. The second kappa shape index (κ2) is 5.70. The number of aliphatic carboxylic acids is 1. The van der Waals surface area contributed by atoms with Crippen LogP contribution in [0.5, 0.6) is 0 Å². The first-order valence-corrected chi connectivity index (χ1v) is 6.93. The summed E-state index contributed by atoms with van der Waals surface area (Å²) in [6.07, 6.45) is 4.13. The Labute approximate surface area is 114 Å². The molecule has 2 rings (SSSR count). The Balaban J connectivity index is 1.93. The lowest BCUT2D eigenvalue weighted by molar-refractivity contribution is -0.152. The highest BCUT2D eigenvalue weighted by atomic mass is 16.4. The van der Waals surface area contributed by atoms with Crippen LogP contribution in [-0.2, 0) is 11.3 Å². The van der Waals surface area contributed by atoms with Crippen LogP contribution < -0.4 is 0 Å². The van der Waals surface area contributed by atoms with E-state index in [2.05, 4.69) is 16.0 Å². The number of hydrogen-bond donors (Lipinski definition) is 1. The fourth-order valence-electron chi connectivity index (χ4n) is 2.71. The van der Waals surface area contributed by atoms with Crippen molar-refractivity contribution in [2.24, 2.45) is 5.41 Å². The van der Waals surface area contributed by atoms with Gasteiger partial charge >= 0.3 is 5.97 Å². The number of hydrogen-bond acceptors (Lipinski definition) is 3. The van der Waals surface area contributed by atoms with E-state index in [0.717, 1.165) is 44.6 Å². The fourth-order valence-corrected chi connectivity index (χ4v) is 2.71. The lowest BCUT2D eigenvalue weighted by atomic mass is 9.76. The van der Waals surface area contributed by atoms with E-state index in [1.54, 1.807) is 0 Å². The van der Waals surface area contributed by atoms with Crippen LogP contribution in [0.15, 0.2) is 18.3 Å². The molecule has 19 heavy (non-hydrogen) atoms. The lowest BCUT2D eigenvalue weighted by Gasteiger charge is -2.38. The number of rotatable bonds is 4. The summed E-state index contributed by atoms with van der Waals surface area (Å²) in [5.74, 6) is -0.633. The quantitative estimate of drug-likeness (QED) is 0.905. The van der Waals surface area contributed by atoms with Crippen molar-refractivity contribution >= 4 is 5.97 Å². The average molecular weight is 262 g/mol. The second-order valence-electron chi connectivity index (χ2n) is 5.52. The zero-order valence-electron chi connectivity index (χ0n) is 11.7. The molecule has 0 spiro atoms. The molecular weight excluding hydrogens is 240 g/mol. The van der Waals surface area contributed by atoms with Crippen molar-refractivity contribution in [1.29, 1.82) is 0 Å². The minimum Gasteiger partial charge on any atom is -0.481 e. The van der Waals surface area contributed by atoms with Gasteiger partial charge in [0.05, 0.1) is 5.41 Å². The number of piperidine rings is 1. The third kappa shape index (κ3) is 3.13. The van der Waals surface area contributed by atoms with Crippen molar-refractivity contribution in [3.8, 4) is 0 Å². The molecule has 0 unspecified atom stereocenters. The maximum absolute atomic E-state index is 11.4. The van der Waals surface area contributed by atoms with Gasteiger partial charge in [0.1, 0.15) is 0 Å². The van der Waals surface area contributed by atoms with Crippen LogP contribution in [0, 0.1) is 12.3 Å². The van der Waals surface area contributed by atoms with E-state index in [-0.39, 0.29) is 0 Å². The molecule has 4 nitrogen and oxygen atoms in total. The molecule has 0 saturated carbocycles. The zero-order chi connectivity index (χ0) is 13.9. The number of carboxylic acid groups (broad SMARTS) is 1. The lowest BCUT2D eigenvalue weighted by Crippen LogP contribution is -2.43. The van der Waals surface area contributed by atoms with E-state index in [1.807, 2.05) is 26.1 Å². The Morgan fingerprint density at radius 3 is 2.58 bits per heavy atom. The SMILES string of the molecule is CCC1(C(=O)O)CCN(Cc2ccc(C)nc2)CC1. The van der Waals surface area contributed by atoms with Gasteiger partial charge in [-0.2, -0.15) is 0 Å². The number of pyridine rings is 1. The van der Waals surface area contributed by atoms with Gasteiger partial charge in [0.2, 0.25) is 0 Å². The van der Waals surface area contributed by atoms with Crippen molar-refractivity contribution in [2.45, 2.75) is 39.7 Å². The summed E-state index contributed by atoms with van der Waals surface area (Å²) in [5, 5.41) is 9.37. The minimum atomic E-state index is -0.633. The van der Waals surface area contributed by atoms with Crippen LogP contribution in [-0.4, -0.2) is 34.0 Å². The summed E-state index contributed by atoms with van der Waals surface area (Å²) >= 11 is 0. The van der Waals surface area contributed by atoms with Crippen molar-refractivity contribution in [3.63, 3.8) is 0 Å². The molecular formula is C15H22N2O2. The maximum atomic E-state index is 11.4. The van der Waals surface area contributed by atoms with Gasteiger partial charge in [-0.3, -0.25) is 14.7 Å². The molecule has 0 amide bonds. The van der Waals surface area contributed by atoms with E-state index >= 15 is 0 Å². The Morgan fingerprint density at radius 1 is 1.42 bits per heavy atom. The highest BCUT2D eigenvalue weighted by Crippen LogP contribution is 2.35. The molecule has 1 saturated heterocycles.